The van der Waals surface area contributed by atoms with Gasteiger partial charge in [-0.3, -0.25) is 4.90 Å². The van der Waals surface area contributed by atoms with E-state index in [1.54, 1.807) is 0 Å². The second kappa shape index (κ2) is 12.6. The zero-order chi connectivity index (χ0) is 33.8. The van der Waals surface area contributed by atoms with Crippen molar-refractivity contribution in [3.63, 3.8) is 0 Å². The van der Waals surface area contributed by atoms with Gasteiger partial charge in [0.15, 0.2) is 6.10 Å². The lowest BCUT2D eigenvalue weighted by molar-refractivity contribution is 0.236. The van der Waals surface area contributed by atoms with Crippen LogP contribution in [-0.2, 0) is 0 Å². The molecule has 3 heterocycles. The van der Waals surface area contributed by atoms with Gasteiger partial charge in [-0.2, -0.15) is 0 Å². The minimum absolute atomic E-state index is 0.105. The lowest BCUT2D eigenvalue weighted by Gasteiger charge is -2.37. The fraction of sp³-hybridized carbons (Fsp3) is 0.487. The first-order valence-electron chi connectivity index (χ1n) is 17.2. The van der Waals surface area contributed by atoms with Gasteiger partial charge in [-0.25, -0.2) is 0 Å². The molecule has 1 aromatic heterocycles. The van der Waals surface area contributed by atoms with Crippen LogP contribution in [0.3, 0.4) is 0 Å². The van der Waals surface area contributed by atoms with Crippen molar-refractivity contribution >= 4 is 38.1 Å². The largest absolute Gasteiger partial charge is 0.543 e. The molecule has 0 bridgehead atoms. The van der Waals surface area contributed by atoms with Crippen molar-refractivity contribution in [3.8, 4) is 33.4 Å². The molecule has 1 atom stereocenters. The zero-order valence-corrected chi connectivity index (χ0v) is 32.9. The van der Waals surface area contributed by atoms with Crippen molar-refractivity contribution < 1.29 is 18.3 Å². The first-order chi connectivity index (χ1) is 22.0. The van der Waals surface area contributed by atoms with Crippen LogP contribution in [0, 0.1) is 0 Å². The van der Waals surface area contributed by atoms with Gasteiger partial charge in [0.1, 0.15) is 29.6 Å². The van der Waals surface area contributed by atoms with E-state index >= 15 is 0 Å². The van der Waals surface area contributed by atoms with Crippen molar-refractivity contribution in [1.82, 2.24) is 4.90 Å². The summed E-state index contributed by atoms with van der Waals surface area (Å²) in [7, 11) is -3.99. The summed E-state index contributed by atoms with van der Waals surface area (Å²) >= 11 is 1.83. The Kier molecular flexibility index (Phi) is 9.13. The molecule has 5 nitrogen and oxygen atoms in total. The Balaban J connectivity index is 1.36. The van der Waals surface area contributed by atoms with Crippen LogP contribution in [0.1, 0.15) is 71.6 Å². The van der Waals surface area contributed by atoms with E-state index in [1.807, 2.05) is 11.3 Å². The predicted octanol–water partition coefficient (Wildman–Crippen LogP) is 11.3. The van der Waals surface area contributed by atoms with Gasteiger partial charge in [-0.1, -0.05) is 53.7 Å². The molecule has 0 amide bonds. The van der Waals surface area contributed by atoms with Gasteiger partial charge in [0.2, 0.25) is 16.6 Å². The first kappa shape index (κ1) is 34.1. The number of benzene rings is 3. The van der Waals surface area contributed by atoms with Crippen LogP contribution >= 0.6 is 11.3 Å². The standard InChI is InChI=1S/C39H53NO4SSi2/c1-38(2,3)46(7,8)43-29-17-19-31-33(25-29)42-36(27-13-15-28(16-14-27)41-24-23-40-21-11-12-22-40)35-32-20-18-30(26-34(32)45-37(31)35)44-47(9,10)39(4,5)6/h13-20,25-26,36H,11-12,21-24H2,1-10H3. The molecule has 6 rings (SSSR count). The van der Waals surface area contributed by atoms with E-state index in [9.17, 15) is 0 Å². The quantitative estimate of drug-likeness (QED) is 0.164. The second-order valence-corrected chi connectivity index (χ2v) is 26.9. The lowest BCUT2D eigenvalue weighted by Crippen LogP contribution is -2.43. The van der Waals surface area contributed by atoms with E-state index < -0.39 is 16.6 Å². The van der Waals surface area contributed by atoms with E-state index in [4.69, 9.17) is 18.3 Å². The zero-order valence-electron chi connectivity index (χ0n) is 30.1. The highest BCUT2D eigenvalue weighted by Crippen LogP contribution is 2.53. The maximum atomic E-state index is 6.97. The fourth-order valence-electron chi connectivity index (χ4n) is 5.83. The molecule has 0 aliphatic carbocycles. The Morgan fingerprint density at radius 3 is 1.96 bits per heavy atom. The van der Waals surface area contributed by atoms with Crippen molar-refractivity contribution in [3.05, 3.63) is 71.8 Å². The van der Waals surface area contributed by atoms with Crippen molar-refractivity contribution in [2.24, 2.45) is 0 Å². The first-order valence-corrected chi connectivity index (χ1v) is 23.9. The van der Waals surface area contributed by atoms with Gasteiger partial charge in [0, 0.05) is 38.7 Å². The average molecular weight is 688 g/mol. The van der Waals surface area contributed by atoms with Gasteiger partial charge < -0.3 is 18.3 Å². The van der Waals surface area contributed by atoms with Crippen LogP contribution < -0.4 is 18.3 Å². The van der Waals surface area contributed by atoms with E-state index in [2.05, 4.69) is 133 Å². The summed E-state index contributed by atoms with van der Waals surface area (Å²) in [4.78, 5) is 3.73. The van der Waals surface area contributed by atoms with Gasteiger partial charge in [-0.05, 0) is 110 Å². The highest BCUT2D eigenvalue weighted by Gasteiger charge is 2.41. The minimum Gasteiger partial charge on any atom is -0.543 e. The Hall–Kier alpha value is -2.79. The molecule has 8 heteroatoms. The fourth-order valence-corrected chi connectivity index (χ4v) is 9.16. The molecule has 3 aromatic carbocycles. The molecule has 0 radical (unpaired) electrons. The van der Waals surface area contributed by atoms with E-state index in [-0.39, 0.29) is 16.2 Å². The molecule has 2 aliphatic heterocycles. The monoisotopic (exact) mass is 687 g/mol. The molecule has 1 unspecified atom stereocenters. The normalized spacial score (nSPS) is 17.3. The number of likely N-dealkylation sites (tertiary alicyclic amines) is 1. The predicted molar refractivity (Wildman–Crippen MR) is 203 cm³/mol. The maximum absolute atomic E-state index is 6.97. The molecule has 1 saturated heterocycles. The third-order valence-electron chi connectivity index (χ3n) is 10.8. The van der Waals surface area contributed by atoms with Gasteiger partial charge in [-0.15, -0.1) is 11.3 Å². The Morgan fingerprint density at radius 1 is 0.766 bits per heavy atom. The molecule has 0 saturated carbocycles. The molecule has 0 N–H and O–H groups in total. The molecule has 1 fully saturated rings. The van der Waals surface area contributed by atoms with Crippen molar-refractivity contribution in [2.75, 3.05) is 26.2 Å². The topological polar surface area (TPSA) is 40.2 Å². The summed E-state index contributed by atoms with van der Waals surface area (Å²) in [6, 6.07) is 21.6. The van der Waals surface area contributed by atoms with Crippen LogP contribution in [0.4, 0.5) is 0 Å². The van der Waals surface area contributed by atoms with Crippen LogP contribution in [-0.4, -0.2) is 47.8 Å². The molecular weight excluding hydrogens is 635 g/mol. The summed E-state index contributed by atoms with van der Waals surface area (Å²) in [6.07, 6.45) is 2.35. The molecule has 252 valence electrons. The number of ether oxygens (including phenoxy) is 2. The van der Waals surface area contributed by atoms with Crippen molar-refractivity contribution in [1.29, 1.82) is 0 Å². The summed E-state index contributed by atoms with van der Waals surface area (Å²) in [5.41, 5.74) is 3.45. The number of hydrogen-bond acceptors (Lipinski definition) is 6. The molecule has 4 aromatic rings. The lowest BCUT2D eigenvalue weighted by atomic mass is 9.93. The Bertz CT molecular complexity index is 1730. The number of rotatable bonds is 9. The Morgan fingerprint density at radius 2 is 1.34 bits per heavy atom. The van der Waals surface area contributed by atoms with Gasteiger partial charge in [0.25, 0.3) is 0 Å². The number of thiophene rings is 1. The number of nitrogens with zero attached hydrogens (tertiary/aromatic N) is 1. The van der Waals surface area contributed by atoms with E-state index in [0.29, 0.717) is 6.61 Å². The highest BCUT2D eigenvalue weighted by molar-refractivity contribution is 7.22. The van der Waals surface area contributed by atoms with Crippen molar-refractivity contribution in [2.45, 2.75) is 96.8 Å². The second-order valence-electron chi connectivity index (χ2n) is 16.3. The average Bonchev–Trinajstić information content (AvgIpc) is 3.63. The molecule has 0 spiro atoms. The third-order valence-corrected chi connectivity index (χ3v) is 20.7. The van der Waals surface area contributed by atoms with E-state index in [1.165, 1.54) is 46.5 Å². The summed E-state index contributed by atoms with van der Waals surface area (Å²) in [5.74, 6) is 3.60. The highest BCUT2D eigenvalue weighted by atomic mass is 32.1. The van der Waals surface area contributed by atoms with Crippen LogP contribution in [0.25, 0.3) is 20.5 Å². The maximum Gasteiger partial charge on any atom is 0.250 e. The number of fused-ring (bicyclic) bond motifs is 5. The van der Waals surface area contributed by atoms with Gasteiger partial charge >= 0.3 is 0 Å². The van der Waals surface area contributed by atoms with Crippen LogP contribution in [0.2, 0.25) is 36.3 Å². The summed E-state index contributed by atoms with van der Waals surface area (Å²) < 4.78 is 27.8. The summed E-state index contributed by atoms with van der Waals surface area (Å²) in [6.45, 7) is 26.9. The number of hydrogen-bond donors (Lipinski definition) is 0. The third kappa shape index (κ3) is 7.03. The molecular formula is C39H53NO4SSi2. The van der Waals surface area contributed by atoms with Crippen LogP contribution in [0.15, 0.2) is 60.7 Å². The minimum atomic E-state index is -2.02. The van der Waals surface area contributed by atoms with E-state index in [0.717, 1.165) is 40.7 Å². The summed E-state index contributed by atoms with van der Waals surface area (Å²) in [5, 5.41) is 1.45. The van der Waals surface area contributed by atoms with Gasteiger partial charge in [0.05, 0.1) is 0 Å². The molecule has 2 aliphatic rings. The smallest absolute Gasteiger partial charge is 0.250 e. The molecule has 47 heavy (non-hydrogen) atoms. The Labute approximate surface area is 288 Å². The SMILES string of the molecule is CC(C)(C)[Si](C)(C)Oc1ccc2c(c1)OC(c1ccc(OCCN3CCCC3)cc1)c1c-2sc2cc(O[Si](C)(C)C(C)(C)C)ccc12. The van der Waals surface area contributed by atoms with Crippen LogP contribution in [0.5, 0.6) is 23.0 Å².